The van der Waals surface area contributed by atoms with Gasteiger partial charge < -0.3 is 0 Å². The van der Waals surface area contributed by atoms with Gasteiger partial charge in [-0.25, -0.2) is 0 Å². The largest absolute Gasteiger partial charge is 0.0890 e. The standard InChI is InChI=1S/C16H31P/c1-14(2,3)17-15(4,5)12-10-13-9-7-8-11-16(13,17)6/h13H,7-12H2,1-6H3. The van der Waals surface area contributed by atoms with Crippen molar-refractivity contribution >= 4 is 7.92 Å². The molecule has 0 amide bonds. The third-order valence-corrected chi connectivity index (χ3v) is 9.64. The van der Waals surface area contributed by atoms with Crippen molar-refractivity contribution in [3.63, 3.8) is 0 Å². The zero-order valence-electron chi connectivity index (χ0n) is 12.8. The first-order chi connectivity index (χ1) is 7.68. The Morgan fingerprint density at radius 1 is 0.941 bits per heavy atom. The molecule has 0 aromatic rings. The van der Waals surface area contributed by atoms with E-state index in [4.69, 9.17) is 0 Å². The van der Waals surface area contributed by atoms with Gasteiger partial charge in [0.15, 0.2) is 0 Å². The Morgan fingerprint density at radius 2 is 1.59 bits per heavy atom. The third-order valence-electron chi connectivity index (χ3n) is 5.26. The van der Waals surface area contributed by atoms with Crippen LogP contribution in [-0.2, 0) is 0 Å². The predicted molar refractivity (Wildman–Crippen MR) is 80.3 cm³/mol. The molecule has 0 aromatic heterocycles. The molecule has 2 aliphatic rings. The quantitative estimate of drug-likeness (QED) is 0.480. The van der Waals surface area contributed by atoms with Crippen LogP contribution in [0.4, 0.5) is 0 Å². The number of rotatable bonds is 0. The highest BCUT2D eigenvalue weighted by molar-refractivity contribution is 7.62. The van der Waals surface area contributed by atoms with Gasteiger partial charge in [-0.2, -0.15) is 0 Å². The highest BCUT2D eigenvalue weighted by Gasteiger charge is 2.55. The van der Waals surface area contributed by atoms with Gasteiger partial charge in [-0.3, -0.25) is 0 Å². The van der Waals surface area contributed by atoms with Gasteiger partial charge in [-0.1, -0.05) is 62.3 Å². The molecular formula is C16H31P. The van der Waals surface area contributed by atoms with Crippen LogP contribution in [0.5, 0.6) is 0 Å². The van der Waals surface area contributed by atoms with Gasteiger partial charge in [-0.05, 0) is 47.1 Å². The summed E-state index contributed by atoms with van der Waals surface area (Å²) in [6.07, 6.45) is 8.96. The van der Waals surface area contributed by atoms with Gasteiger partial charge in [-0.15, -0.1) is 0 Å². The molecule has 0 N–H and O–H groups in total. The van der Waals surface area contributed by atoms with Gasteiger partial charge in [0.1, 0.15) is 0 Å². The molecule has 0 nitrogen and oxygen atoms in total. The van der Waals surface area contributed by atoms with Crippen molar-refractivity contribution in [1.29, 1.82) is 0 Å². The summed E-state index contributed by atoms with van der Waals surface area (Å²) in [5, 5.41) is 1.79. The molecule has 1 heterocycles. The molecule has 1 saturated carbocycles. The van der Waals surface area contributed by atoms with E-state index >= 15 is 0 Å². The molecule has 0 radical (unpaired) electrons. The van der Waals surface area contributed by atoms with Crippen molar-refractivity contribution < 1.29 is 0 Å². The third kappa shape index (κ3) is 2.32. The molecule has 0 aromatic carbocycles. The minimum absolute atomic E-state index is 0.104. The average molecular weight is 254 g/mol. The Bertz CT molecular complexity index is 286. The smallest absolute Gasteiger partial charge is 0.00850 e. The highest BCUT2D eigenvalue weighted by Crippen LogP contribution is 2.75. The first-order valence-electron chi connectivity index (χ1n) is 7.48. The molecule has 1 saturated heterocycles. The molecule has 100 valence electrons. The minimum Gasteiger partial charge on any atom is -0.0890 e. The SMILES string of the molecule is CC(C)(C)P1C(C)(C)CCC2CCCCC21C. The number of hydrogen-bond donors (Lipinski definition) is 0. The lowest BCUT2D eigenvalue weighted by Gasteiger charge is -2.62. The minimum atomic E-state index is 0.104. The zero-order chi connectivity index (χ0) is 12.9. The molecule has 2 rings (SSSR count). The second-order valence-electron chi connectivity index (χ2n) is 8.16. The summed E-state index contributed by atoms with van der Waals surface area (Å²) in [6.45, 7) is 15.3. The van der Waals surface area contributed by atoms with Crippen molar-refractivity contribution in [2.75, 3.05) is 0 Å². The van der Waals surface area contributed by atoms with Crippen LogP contribution in [0.3, 0.4) is 0 Å². The summed E-state index contributed by atoms with van der Waals surface area (Å²) >= 11 is 0. The predicted octanol–water partition coefficient (Wildman–Crippen LogP) is 5.79. The molecule has 0 bridgehead atoms. The molecule has 2 fully saturated rings. The Kier molecular flexibility index (Phi) is 3.44. The van der Waals surface area contributed by atoms with Crippen molar-refractivity contribution in [1.82, 2.24) is 0 Å². The fourth-order valence-corrected chi connectivity index (χ4v) is 11.2. The van der Waals surface area contributed by atoms with E-state index in [0.717, 1.165) is 5.92 Å². The normalized spacial score (nSPS) is 42.0. The molecule has 3 atom stereocenters. The van der Waals surface area contributed by atoms with Crippen LogP contribution in [0.25, 0.3) is 0 Å². The van der Waals surface area contributed by atoms with Gasteiger partial charge >= 0.3 is 0 Å². The molecule has 17 heavy (non-hydrogen) atoms. The van der Waals surface area contributed by atoms with Crippen molar-refractivity contribution in [3.8, 4) is 0 Å². The zero-order valence-corrected chi connectivity index (χ0v) is 13.7. The second-order valence-corrected chi connectivity index (χ2v) is 12.4. The summed E-state index contributed by atoms with van der Waals surface area (Å²) in [4.78, 5) is 0. The molecule has 1 aliphatic heterocycles. The van der Waals surface area contributed by atoms with E-state index in [1.54, 1.807) is 0 Å². The van der Waals surface area contributed by atoms with E-state index < -0.39 is 0 Å². The fourth-order valence-electron chi connectivity index (χ4n) is 5.14. The maximum absolute atomic E-state index is 2.65. The van der Waals surface area contributed by atoms with E-state index in [1.165, 1.54) is 38.5 Å². The monoisotopic (exact) mass is 254 g/mol. The summed E-state index contributed by atoms with van der Waals surface area (Å²) in [6, 6.07) is 0. The van der Waals surface area contributed by atoms with Crippen LogP contribution < -0.4 is 0 Å². The van der Waals surface area contributed by atoms with Crippen molar-refractivity contribution in [2.45, 2.75) is 95.5 Å². The molecule has 3 unspecified atom stereocenters. The van der Waals surface area contributed by atoms with Crippen LogP contribution in [0.1, 0.15) is 80.1 Å². The van der Waals surface area contributed by atoms with Gasteiger partial charge in [0, 0.05) is 0 Å². The van der Waals surface area contributed by atoms with E-state index in [2.05, 4.69) is 41.5 Å². The van der Waals surface area contributed by atoms with Gasteiger partial charge in [0.05, 0.1) is 0 Å². The number of hydrogen-bond acceptors (Lipinski definition) is 0. The van der Waals surface area contributed by atoms with Gasteiger partial charge in [0.25, 0.3) is 0 Å². The second kappa shape index (κ2) is 4.22. The van der Waals surface area contributed by atoms with Crippen LogP contribution >= 0.6 is 7.92 Å². The first-order valence-corrected chi connectivity index (χ1v) is 8.82. The topological polar surface area (TPSA) is 0 Å². The molecule has 1 aliphatic carbocycles. The lowest BCUT2D eigenvalue weighted by Crippen LogP contribution is -2.50. The lowest BCUT2D eigenvalue weighted by atomic mass is 9.75. The molecule has 0 spiro atoms. The number of fused-ring (bicyclic) bond motifs is 1. The van der Waals surface area contributed by atoms with Crippen LogP contribution in [-0.4, -0.2) is 15.5 Å². The molecule has 1 heteroatoms. The van der Waals surface area contributed by atoms with Crippen LogP contribution in [0.15, 0.2) is 0 Å². The Hall–Kier alpha value is 0.430. The van der Waals surface area contributed by atoms with E-state index in [1.807, 2.05) is 0 Å². The summed E-state index contributed by atoms with van der Waals surface area (Å²) in [7, 11) is 0.104. The molecular weight excluding hydrogens is 223 g/mol. The van der Waals surface area contributed by atoms with Crippen LogP contribution in [0.2, 0.25) is 0 Å². The summed E-state index contributed by atoms with van der Waals surface area (Å²) < 4.78 is 0. The van der Waals surface area contributed by atoms with Crippen molar-refractivity contribution in [3.05, 3.63) is 0 Å². The first kappa shape index (κ1) is 13.9. The van der Waals surface area contributed by atoms with Crippen LogP contribution in [0, 0.1) is 5.92 Å². The van der Waals surface area contributed by atoms with E-state index in [9.17, 15) is 0 Å². The van der Waals surface area contributed by atoms with E-state index in [0.29, 0.717) is 15.5 Å². The summed E-state index contributed by atoms with van der Waals surface area (Å²) in [5.41, 5.74) is 0. The van der Waals surface area contributed by atoms with Gasteiger partial charge in [0.2, 0.25) is 0 Å². The maximum atomic E-state index is 2.65. The summed E-state index contributed by atoms with van der Waals surface area (Å²) in [5.74, 6) is 1.04. The van der Waals surface area contributed by atoms with E-state index in [-0.39, 0.29) is 7.92 Å². The fraction of sp³-hybridized carbons (Fsp3) is 1.00. The Morgan fingerprint density at radius 3 is 2.18 bits per heavy atom. The maximum Gasteiger partial charge on any atom is -0.00850 e. The Balaban J connectivity index is 2.39. The Labute approximate surface area is 110 Å². The van der Waals surface area contributed by atoms with Crippen molar-refractivity contribution in [2.24, 2.45) is 5.92 Å². The average Bonchev–Trinajstić information content (AvgIpc) is 2.12. The highest BCUT2D eigenvalue weighted by atomic mass is 31.1. The lowest BCUT2D eigenvalue weighted by molar-refractivity contribution is 0.232.